The van der Waals surface area contributed by atoms with Crippen molar-refractivity contribution in [3.8, 4) is 11.1 Å². The topological polar surface area (TPSA) is 38.7 Å². The molecule has 4 aromatic rings. The van der Waals surface area contributed by atoms with Gasteiger partial charge < -0.3 is 0 Å². The van der Waals surface area contributed by atoms with Gasteiger partial charge in [-0.3, -0.25) is 15.0 Å². The van der Waals surface area contributed by atoms with Gasteiger partial charge in [0.05, 0.1) is 11.0 Å². The van der Waals surface area contributed by atoms with Crippen LogP contribution in [0.4, 0.5) is 0 Å². The molecular formula is C18H13N3. The van der Waals surface area contributed by atoms with E-state index in [1.807, 2.05) is 24.5 Å². The molecule has 21 heavy (non-hydrogen) atoms. The largest absolute Gasteiger partial charge is 0.264 e. The number of rotatable bonds is 1. The van der Waals surface area contributed by atoms with Crippen LogP contribution < -0.4 is 0 Å². The summed E-state index contributed by atoms with van der Waals surface area (Å²) in [5.74, 6) is 0. The Bertz CT molecular complexity index is 955. The average Bonchev–Trinajstić information content (AvgIpc) is 2.55. The molecule has 3 heteroatoms. The van der Waals surface area contributed by atoms with Gasteiger partial charge in [-0.15, -0.1) is 0 Å². The molecule has 0 fully saturated rings. The van der Waals surface area contributed by atoms with Crippen LogP contribution in [0.2, 0.25) is 0 Å². The van der Waals surface area contributed by atoms with E-state index in [2.05, 4.69) is 46.1 Å². The van der Waals surface area contributed by atoms with Crippen molar-refractivity contribution >= 4 is 21.8 Å². The van der Waals surface area contributed by atoms with Crippen molar-refractivity contribution in [1.29, 1.82) is 0 Å². The fraction of sp³-hybridized carbons (Fsp3) is 0.0556. The van der Waals surface area contributed by atoms with E-state index < -0.39 is 0 Å². The predicted octanol–water partition coefficient (Wildman–Crippen LogP) is 4.15. The van der Waals surface area contributed by atoms with Crippen molar-refractivity contribution in [2.24, 2.45) is 0 Å². The second-order valence-electron chi connectivity index (χ2n) is 5.08. The van der Waals surface area contributed by atoms with E-state index in [0.29, 0.717) is 0 Å². The first kappa shape index (κ1) is 12.0. The van der Waals surface area contributed by atoms with Crippen LogP contribution in [0.15, 0.2) is 61.2 Å². The van der Waals surface area contributed by atoms with Gasteiger partial charge in [0.15, 0.2) is 0 Å². The normalized spacial score (nSPS) is 11.1. The second-order valence-corrected chi connectivity index (χ2v) is 5.08. The fourth-order valence-corrected chi connectivity index (χ4v) is 2.78. The summed E-state index contributed by atoms with van der Waals surface area (Å²) in [6, 6.07) is 12.5. The van der Waals surface area contributed by atoms with Gasteiger partial charge in [0, 0.05) is 35.7 Å². The van der Waals surface area contributed by atoms with E-state index in [-0.39, 0.29) is 0 Å². The Morgan fingerprint density at radius 1 is 0.762 bits per heavy atom. The SMILES string of the molecule is Cc1ccc(-c2cccc3nccnc23)c2ccncc12. The van der Waals surface area contributed by atoms with Crippen LogP contribution in [0, 0.1) is 6.92 Å². The third-order valence-electron chi connectivity index (χ3n) is 3.82. The van der Waals surface area contributed by atoms with Gasteiger partial charge in [-0.1, -0.05) is 24.3 Å². The van der Waals surface area contributed by atoms with E-state index in [9.17, 15) is 0 Å². The Kier molecular flexibility index (Phi) is 2.64. The van der Waals surface area contributed by atoms with E-state index in [4.69, 9.17) is 0 Å². The van der Waals surface area contributed by atoms with E-state index in [0.717, 1.165) is 16.6 Å². The molecule has 0 aliphatic heterocycles. The standard InChI is InChI=1S/C18H13N3/c1-12-5-6-13(14-7-8-19-11-16(12)14)15-3-2-4-17-18(15)21-10-9-20-17/h2-11H,1H3. The first-order valence-electron chi connectivity index (χ1n) is 6.88. The molecule has 4 rings (SSSR count). The maximum Gasteiger partial charge on any atom is 0.0965 e. The monoisotopic (exact) mass is 271 g/mol. The first-order chi connectivity index (χ1) is 10.3. The Hall–Kier alpha value is -2.81. The first-order valence-corrected chi connectivity index (χ1v) is 6.88. The summed E-state index contributed by atoms with van der Waals surface area (Å²) in [5, 5.41) is 2.37. The minimum absolute atomic E-state index is 0.915. The van der Waals surface area contributed by atoms with Crippen LogP contribution in [0.1, 0.15) is 5.56 Å². The van der Waals surface area contributed by atoms with Gasteiger partial charge in [-0.05, 0) is 35.6 Å². The fourth-order valence-electron chi connectivity index (χ4n) is 2.78. The van der Waals surface area contributed by atoms with Crippen molar-refractivity contribution in [1.82, 2.24) is 15.0 Å². The minimum Gasteiger partial charge on any atom is -0.264 e. The van der Waals surface area contributed by atoms with Crippen LogP contribution >= 0.6 is 0 Å². The number of aryl methyl sites for hydroxylation is 1. The Morgan fingerprint density at radius 2 is 1.67 bits per heavy atom. The molecule has 0 atom stereocenters. The van der Waals surface area contributed by atoms with Crippen LogP contribution in [0.25, 0.3) is 32.9 Å². The minimum atomic E-state index is 0.915. The van der Waals surface area contributed by atoms with Crippen LogP contribution in [0.5, 0.6) is 0 Å². The lowest BCUT2D eigenvalue weighted by molar-refractivity contribution is 1.29. The number of aromatic nitrogens is 3. The zero-order valence-corrected chi connectivity index (χ0v) is 11.6. The lowest BCUT2D eigenvalue weighted by atomic mass is 9.96. The third-order valence-corrected chi connectivity index (χ3v) is 3.82. The van der Waals surface area contributed by atoms with Crippen molar-refractivity contribution in [2.75, 3.05) is 0 Å². The highest BCUT2D eigenvalue weighted by Gasteiger charge is 2.10. The molecule has 0 saturated heterocycles. The Morgan fingerprint density at radius 3 is 2.62 bits per heavy atom. The highest BCUT2D eigenvalue weighted by atomic mass is 14.8. The van der Waals surface area contributed by atoms with Crippen molar-refractivity contribution in [3.63, 3.8) is 0 Å². The molecule has 3 nitrogen and oxygen atoms in total. The molecule has 2 heterocycles. The summed E-state index contributed by atoms with van der Waals surface area (Å²) in [5.41, 5.74) is 5.36. The number of hydrogen-bond donors (Lipinski definition) is 0. The summed E-state index contributed by atoms with van der Waals surface area (Å²) in [4.78, 5) is 13.1. The highest BCUT2D eigenvalue weighted by Crippen LogP contribution is 2.33. The molecule has 2 aromatic carbocycles. The summed E-state index contributed by atoms with van der Waals surface area (Å²) in [6.45, 7) is 2.11. The van der Waals surface area contributed by atoms with Gasteiger partial charge in [0.1, 0.15) is 0 Å². The molecule has 0 unspecified atom stereocenters. The predicted molar refractivity (Wildman–Crippen MR) is 85.0 cm³/mol. The van der Waals surface area contributed by atoms with Gasteiger partial charge in [-0.2, -0.15) is 0 Å². The molecule has 2 aromatic heterocycles. The molecule has 0 radical (unpaired) electrons. The van der Waals surface area contributed by atoms with Crippen molar-refractivity contribution in [3.05, 3.63) is 66.7 Å². The number of fused-ring (bicyclic) bond motifs is 2. The summed E-state index contributed by atoms with van der Waals surface area (Å²) >= 11 is 0. The Balaban J connectivity index is 2.13. The highest BCUT2D eigenvalue weighted by molar-refractivity contribution is 6.03. The quantitative estimate of drug-likeness (QED) is 0.522. The van der Waals surface area contributed by atoms with Gasteiger partial charge in [-0.25, -0.2) is 0 Å². The number of hydrogen-bond acceptors (Lipinski definition) is 3. The molecule has 0 aliphatic rings. The maximum absolute atomic E-state index is 4.51. The summed E-state index contributed by atoms with van der Waals surface area (Å²) in [7, 11) is 0. The van der Waals surface area contributed by atoms with Crippen molar-refractivity contribution < 1.29 is 0 Å². The summed E-state index contributed by atoms with van der Waals surface area (Å²) in [6.07, 6.45) is 7.22. The third kappa shape index (κ3) is 1.86. The van der Waals surface area contributed by atoms with Gasteiger partial charge in [0.2, 0.25) is 0 Å². The molecule has 0 aliphatic carbocycles. The van der Waals surface area contributed by atoms with Crippen LogP contribution in [-0.4, -0.2) is 15.0 Å². The van der Waals surface area contributed by atoms with Gasteiger partial charge in [0.25, 0.3) is 0 Å². The lowest BCUT2D eigenvalue weighted by Gasteiger charge is -2.10. The van der Waals surface area contributed by atoms with Gasteiger partial charge >= 0.3 is 0 Å². The van der Waals surface area contributed by atoms with E-state index in [1.165, 1.54) is 21.9 Å². The average molecular weight is 271 g/mol. The van der Waals surface area contributed by atoms with E-state index >= 15 is 0 Å². The molecule has 0 spiro atoms. The Labute approximate surface area is 122 Å². The molecule has 0 bridgehead atoms. The number of nitrogens with zero attached hydrogens (tertiary/aromatic N) is 3. The number of benzene rings is 2. The van der Waals surface area contributed by atoms with Crippen molar-refractivity contribution in [2.45, 2.75) is 6.92 Å². The summed E-state index contributed by atoms with van der Waals surface area (Å²) < 4.78 is 0. The zero-order chi connectivity index (χ0) is 14.2. The number of pyridine rings is 1. The van der Waals surface area contributed by atoms with Crippen LogP contribution in [-0.2, 0) is 0 Å². The molecule has 0 N–H and O–H groups in total. The molecule has 0 saturated carbocycles. The lowest BCUT2D eigenvalue weighted by Crippen LogP contribution is -1.89. The molecule has 0 amide bonds. The number of para-hydroxylation sites is 1. The maximum atomic E-state index is 4.51. The zero-order valence-electron chi connectivity index (χ0n) is 11.6. The molecular weight excluding hydrogens is 258 g/mol. The van der Waals surface area contributed by atoms with Crippen LogP contribution in [0.3, 0.4) is 0 Å². The van der Waals surface area contributed by atoms with E-state index in [1.54, 1.807) is 12.4 Å². The smallest absolute Gasteiger partial charge is 0.0965 e. The molecule has 100 valence electrons. The second kappa shape index (κ2) is 4.63.